The molecule has 0 aromatic carbocycles. The Balaban J connectivity index is 2.05. The van der Waals surface area contributed by atoms with Gasteiger partial charge in [-0.3, -0.25) is 0 Å². The van der Waals surface area contributed by atoms with Gasteiger partial charge in [-0.2, -0.15) is 0 Å². The minimum absolute atomic E-state index is 0.304. The highest BCUT2D eigenvalue weighted by atomic mass is 32.2. The molecule has 16 heavy (non-hydrogen) atoms. The van der Waals surface area contributed by atoms with Gasteiger partial charge in [-0.15, -0.1) is 11.8 Å². The van der Waals surface area contributed by atoms with Gasteiger partial charge in [-0.25, -0.2) is 4.98 Å². The Morgan fingerprint density at radius 1 is 1.19 bits per heavy atom. The standard InChI is InChI=1S/C13H21NOS/c1-2-3-4-5-6-7-11-16-13-12(15)9-8-10-14-13/h8-10,15H,2-7,11H2,1H3. The van der Waals surface area contributed by atoms with Crippen LogP contribution in [0.5, 0.6) is 5.75 Å². The molecule has 0 unspecified atom stereocenters. The van der Waals surface area contributed by atoms with Gasteiger partial charge >= 0.3 is 0 Å². The molecule has 0 radical (unpaired) electrons. The van der Waals surface area contributed by atoms with Crippen molar-refractivity contribution in [1.82, 2.24) is 4.98 Å². The molecular formula is C13H21NOS. The van der Waals surface area contributed by atoms with E-state index in [0.29, 0.717) is 5.75 Å². The first-order valence-corrected chi connectivity index (χ1v) is 7.10. The molecule has 1 rings (SSSR count). The van der Waals surface area contributed by atoms with Crippen LogP contribution in [0.1, 0.15) is 45.4 Å². The average molecular weight is 239 g/mol. The number of unbranched alkanes of at least 4 members (excludes halogenated alkanes) is 5. The molecule has 0 saturated carbocycles. The second kappa shape index (κ2) is 8.45. The van der Waals surface area contributed by atoms with Gasteiger partial charge in [-0.05, 0) is 24.3 Å². The first-order chi connectivity index (χ1) is 7.84. The Kier molecular flexibility index (Phi) is 7.06. The van der Waals surface area contributed by atoms with Gasteiger partial charge in [0.1, 0.15) is 10.8 Å². The van der Waals surface area contributed by atoms with Crippen LogP contribution in [0.4, 0.5) is 0 Å². The average Bonchev–Trinajstić information content (AvgIpc) is 2.30. The van der Waals surface area contributed by atoms with Crippen LogP contribution in [0.25, 0.3) is 0 Å². The highest BCUT2D eigenvalue weighted by molar-refractivity contribution is 7.99. The Hall–Kier alpha value is -0.700. The van der Waals surface area contributed by atoms with Gasteiger partial charge in [0.15, 0.2) is 0 Å². The summed E-state index contributed by atoms with van der Waals surface area (Å²) in [6.45, 7) is 2.24. The molecule has 1 N–H and O–H groups in total. The van der Waals surface area contributed by atoms with Gasteiger partial charge in [-0.1, -0.05) is 39.0 Å². The van der Waals surface area contributed by atoms with Gasteiger partial charge < -0.3 is 5.11 Å². The van der Waals surface area contributed by atoms with Crippen molar-refractivity contribution in [3.63, 3.8) is 0 Å². The van der Waals surface area contributed by atoms with Crippen LogP contribution in [-0.4, -0.2) is 15.8 Å². The molecule has 90 valence electrons. The number of hydrogen-bond donors (Lipinski definition) is 1. The van der Waals surface area contributed by atoms with E-state index in [1.807, 2.05) is 0 Å². The highest BCUT2D eigenvalue weighted by Gasteiger charge is 2.01. The number of rotatable bonds is 8. The summed E-state index contributed by atoms with van der Waals surface area (Å²) < 4.78 is 0. The Morgan fingerprint density at radius 2 is 1.94 bits per heavy atom. The zero-order chi connectivity index (χ0) is 11.6. The summed E-state index contributed by atoms with van der Waals surface area (Å²) >= 11 is 1.65. The molecule has 1 aromatic heterocycles. The third kappa shape index (κ3) is 5.40. The SMILES string of the molecule is CCCCCCCCSc1ncccc1O. The van der Waals surface area contributed by atoms with Gasteiger partial charge in [0.2, 0.25) is 0 Å². The maximum absolute atomic E-state index is 9.50. The van der Waals surface area contributed by atoms with Crippen LogP contribution < -0.4 is 0 Å². The van der Waals surface area contributed by atoms with E-state index >= 15 is 0 Å². The number of hydrogen-bond acceptors (Lipinski definition) is 3. The van der Waals surface area contributed by atoms with E-state index in [1.54, 1.807) is 30.1 Å². The smallest absolute Gasteiger partial charge is 0.147 e. The molecule has 0 aliphatic heterocycles. The second-order valence-corrected chi connectivity index (χ2v) is 5.03. The number of thioether (sulfide) groups is 1. The van der Waals surface area contributed by atoms with E-state index < -0.39 is 0 Å². The molecule has 1 aromatic rings. The summed E-state index contributed by atoms with van der Waals surface area (Å²) in [5, 5.41) is 10.3. The molecule has 0 fully saturated rings. The van der Waals surface area contributed by atoms with Crippen LogP contribution in [0.2, 0.25) is 0 Å². The zero-order valence-corrected chi connectivity index (χ0v) is 10.8. The molecule has 0 saturated heterocycles. The molecular weight excluding hydrogens is 218 g/mol. The van der Waals surface area contributed by atoms with Crippen molar-refractivity contribution in [2.75, 3.05) is 5.75 Å². The van der Waals surface area contributed by atoms with Crippen LogP contribution >= 0.6 is 11.8 Å². The fourth-order valence-electron chi connectivity index (χ4n) is 1.54. The molecule has 0 atom stereocenters. The van der Waals surface area contributed by atoms with Crippen molar-refractivity contribution < 1.29 is 5.11 Å². The number of nitrogens with zero attached hydrogens (tertiary/aromatic N) is 1. The summed E-state index contributed by atoms with van der Waals surface area (Å²) in [5.41, 5.74) is 0. The van der Waals surface area contributed by atoms with Crippen molar-refractivity contribution in [2.24, 2.45) is 0 Å². The summed E-state index contributed by atoms with van der Waals surface area (Å²) in [6.07, 6.45) is 9.58. The minimum Gasteiger partial charge on any atom is -0.505 e. The lowest BCUT2D eigenvalue weighted by molar-refractivity contribution is 0.457. The zero-order valence-electron chi connectivity index (χ0n) is 9.98. The van der Waals surface area contributed by atoms with Crippen molar-refractivity contribution in [3.8, 4) is 5.75 Å². The van der Waals surface area contributed by atoms with Crippen LogP contribution in [-0.2, 0) is 0 Å². The molecule has 1 heterocycles. The maximum atomic E-state index is 9.50. The lowest BCUT2D eigenvalue weighted by Gasteiger charge is -2.02. The van der Waals surface area contributed by atoms with E-state index in [-0.39, 0.29) is 0 Å². The van der Waals surface area contributed by atoms with E-state index in [9.17, 15) is 5.11 Å². The highest BCUT2D eigenvalue weighted by Crippen LogP contribution is 2.25. The summed E-state index contributed by atoms with van der Waals surface area (Å²) in [7, 11) is 0. The van der Waals surface area contributed by atoms with E-state index in [1.165, 1.54) is 38.5 Å². The molecule has 0 aliphatic carbocycles. The van der Waals surface area contributed by atoms with E-state index in [2.05, 4.69) is 11.9 Å². The van der Waals surface area contributed by atoms with E-state index in [4.69, 9.17) is 0 Å². The summed E-state index contributed by atoms with van der Waals surface area (Å²) in [4.78, 5) is 4.14. The van der Waals surface area contributed by atoms with Gasteiger partial charge in [0.25, 0.3) is 0 Å². The molecule has 3 heteroatoms. The van der Waals surface area contributed by atoms with Crippen molar-refractivity contribution in [1.29, 1.82) is 0 Å². The lowest BCUT2D eigenvalue weighted by atomic mass is 10.1. The molecule has 0 bridgehead atoms. The Morgan fingerprint density at radius 3 is 2.69 bits per heavy atom. The largest absolute Gasteiger partial charge is 0.505 e. The lowest BCUT2D eigenvalue weighted by Crippen LogP contribution is -1.85. The predicted molar refractivity (Wildman–Crippen MR) is 70.0 cm³/mol. The molecule has 0 aliphatic rings. The second-order valence-electron chi connectivity index (χ2n) is 3.94. The van der Waals surface area contributed by atoms with E-state index in [0.717, 1.165) is 10.8 Å². The Labute approximate surface area is 102 Å². The number of aromatic nitrogens is 1. The van der Waals surface area contributed by atoms with Crippen LogP contribution in [0.3, 0.4) is 0 Å². The monoisotopic (exact) mass is 239 g/mol. The number of pyridine rings is 1. The maximum Gasteiger partial charge on any atom is 0.147 e. The third-order valence-corrected chi connectivity index (χ3v) is 3.57. The molecule has 0 spiro atoms. The van der Waals surface area contributed by atoms with Gasteiger partial charge in [0, 0.05) is 6.20 Å². The minimum atomic E-state index is 0.304. The first-order valence-electron chi connectivity index (χ1n) is 6.11. The third-order valence-electron chi connectivity index (χ3n) is 2.49. The Bertz CT molecular complexity index is 291. The summed E-state index contributed by atoms with van der Waals surface area (Å²) in [5.74, 6) is 1.36. The number of aromatic hydroxyl groups is 1. The predicted octanol–water partition coefficient (Wildman–Crippen LogP) is 4.24. The summed E-state index contributed by atoms with van der Waals surface area (Å²) in [6, 6.07) is 3.45. The van der Waals surface area contributed by atoms with Crippen molar-refractivity contribution >= 4 is 11.8 Å². The van der Waals surface area contributed by atoms with Crippen LogP contribution in [0, 0.1) is 0 Å². The fraction of sp³-hybridized carbons (Fsp3) is 0.615. The molecule has 0 amide bonds. The first kappa shape index (κ1) is 13.4. The normalized spacial score (nSPS) is 10.6. The molecule has 2 nitrogen and oxygen atoms in total. The topological polar surface area (TPSA) is 33.1 Å². The van der Waals surface area contributed by atoms with Crippen molar-refractivity contribution in [2.45, 2.75) is 50.5 Å². The van der Waals surface area contributed by atoms with Gasteiger partial charge in [0.05, 0.1) is 0 Å². The quantitative estimate of drug-likeness (QED) is 0.544. The van der Waals surface area contributed by atoms with Crippen LogP contribution in [0.15, 0.2) is 23.4 Å². The fourth-order valence-corrected chi connectivity index (χ4v) is 2.44. The van der Waals surface area contributed by atoms with Crippen molar-refractivity contribution in [3.05, 3.63) is 18.3 Å².